The maximum atomic E-state index is 12.6. The first-order chi connectivity index (χ1) is 12.2. The number of aromatic nitrogens is 3. The SMILES string of the molecule is C=CCN(CC=C)C(=O)CN1CCC[C@@H](c2nnc3ccccn23)C1. The quantitative estimate of drug-likeness (QED) is 0.725. The third-order valence-corrected chi connectivity index (χ3v) is 4.62. The van der Waals surface area contributed by atoms with E-state index in [1.54, 1.807) is 17.1 Å². The van der Waals surface area contributed by atoms with Crippen LogP contribution in [0, 0.1) is 0 Å². The molecule has 132 valence electrons. The monoisotopic (exact) mass is 339 g/mol. The van der Waals surface area contributed by atoms with Crippen molar-refractivity contribution < 1.29 is 4.79 Å². The van der Waals surface area contributed by atoms with Gasteiger partial charge in [0.25, 0.3) is 0 Å². The number of carbonyl (C=O) groups is 1. The summed E-state index contributed by atoms with van der Waals surface area (Å²) in [5.41, 5.74) is 0.869. The van der Waals surface area contributed by atoms with Gasteiger partial charge in [0, 0.05) is 31.7 Å². The lowest BCUT2D eigenvalue weighted by molar-refractivity contribution is -0.131. The molecule has 0 unspecified atom stereocenters. The van der Waals surface area contributed by atoms with Gasteiger partial charge in [-0.2, -0.15) is 0 Å². The normalized spacial score (nSPS) is 18.2. The first kappa shape index (κ1) is 17.4. The molecule has 1 aliphatic heterocycles. The van der Waals surface area contributed by atoms with Crippen LogP contribution in [0.15, 0.2) is 49.7 Å². The molecule has 1 fully saturated rings. The molecule has 1 amide bonds. The smallest absolute Gasteiger partial charge is 0.237 e. The van der Waals surface area contributed by atoms with Crippen molar-refractivity contribution in [3.63, 3.8) is 0 Å². The van der Waals surface area contributed by atoms with E-state index >= 15 is 0 Å². The molecule has 0 radical (unpaired) electrons. The average molecular weight is 339 g/mol. The highest BCUT2D eigenvalue weighted by Crippen LogP contribution is 2.26. The van der Waals surface area contributed by atoms with Crippen LogP contribution in [0.3, 0.4) is 0 Å². The molecule has 3 rings (SSSR count). The molecule has 3 heterocycles. The summed E-state index contributed by atoms with van der Waals surface area (Å²) in [6.45, 7) is 10.8. The van der Waals surface area contributed by atoms with Crippen molar-refractivity contribution in [1.82, 2.24) is 24.4 Å². The van der Waals surface area contributed by atoms with Gasteiger partial charge in [0.2, 0.25) is 5.91 Å². The molecule has 0 spiro atoms. The van der Waals surface area contributed by atoms with Crippen molar-refractivity contribution in [2.75, 3.05) is 32.7 Å². The number of nitrogens with zero attached hydrogens (tertiary/aromatic N) is 5. The molecule has 1 saturated heterocycles. The van der Waals surface area contributed by atoms with Crippen molar-refractivity contribution in [2.24, 2.45) is 0 Å². The molecule has 6 heteroatoms. The van der Waals surface area contributed by atoms with Gasteiger partial charge in [-0.15, -0.1) is 23.4 Å². The summed E-state index contributed by atoms with van der Waals surface area (Å²) in [6, 6.07) is 5.92. The Hall–Kier alpha value is -2.47. The number of hydrogen-bond donors (Lipinski definition) is 0. The zero-order valence-corrected chi connectivity index (χ0v) is 14.5. The van der Waals surface area contributed by atoms with E-state index in [4.69, 9.17) is 0 Å². The molecule has 2 aromatic heterocycles. The summed E-state index contributed by atoms with van der Waals surface area (Å²) >= 11 is 0. The predicted octanol–water partition coefficient (Wildman–Crippen LogP) is 2.11. The molecule has 0 aromatic carbocycles. The summed E-state index contributed by atoms with van der Waals surface area (Å²) < 4.78 is 2.05. The second kappa shape index (κ2) is 8.07. The molecule has 0 N–H and O–H groups in total. The second-order valence-corrected chi connectivity index (χ2v) is 6.44. The Morgan fingerprint density at radius 1 is 1.28 bits per heavy atom. The highest BCUT2D eigenvalue weighted by Gasteiger charge is 2.27. The lowest BCUT2D eigenvalue weighted by Crippen LogP contribution is -2.44. The van der Waals surface area contributed by atoms with E-state index in [0.29, 0.717) is 25.6 Å². The third-order valence-electron chi connectivity index (χ3n) is 4.62. The first-order valence-corrected chi connectivity index (χ1v) is 8.74. The molecule has 1 atom stereocenters. The van der Waals surface area contributed by atoms with Gasteiger partial charge in [-0.05, 0) is 31.5 Å². The van der Waals surface area contributed by atoms with Gasteiger partial charge < -0.3 is 4.90 Å². The van der Waals surface area contributed by atoms with Gasteiger partial charge in [0.15, 0.2) is 5.65 Å². The fourth-order valence-corrected chi connectivity index (χ4v) is 3.43. The molecule has 25 heavy (non-hydrogen) atoms. The maximum absolute atomic E-state index is 12.6. The number of amides is 1. The zero-order valence-electron chi connectivity index (χ0n) is 14.5. The van der Waals surface area contributed by atoms with Crippen LogP contribution in [0.4, 0.5) is 0 Å². The molecule has 1 aliphatic rings. The lowest BCUT2D eigenvalue weighted by Gasteiger charge is -2.32. The van der Waals surface area contributed by atoms with E-state index in [-0.39, 0.29) is 5.91 Å². The van der Waals surface area contributed by atoms with Gasteiger partial charge in [-0.1, -0.05) is 18.2 Å². The number of rotatable bonds is 7. The largest absolute Gasteiger partial charge is 0.334 e. The Kier molecular flexibility index (Phi) is 5.60. The van der Waals surface area contributed by atoms with Crippen molar-refractivity contribution in [3.8, 4) is 0 Å². The number of pyridine rings is 1. The van der Waals surface area contributed by atoms with Crippen LogP contribution in [0.1, 0.15) is 24.6 Å². The van der Waals surface area contributed by atoms with Crippen LogP contribution >= 0.6 is 0 Å². The van der Waals surface area contributed by atoms with Crippen LogP contribution in [0.5, 0.6) is 0 Å². The van der Waals surface area contributed by atoms with Crippen molar-refractivity contribution >= 4 is 11.6 Å². The number of hydrogen-bond acceptors (Lipinski definition) is 4. The Balaban J connectivity index is 1.67. The number of likely N-dealkylation sites (tertiary alicyclic amines) is 1. The topological polar surface area (TPSA) is 53.7 Å². The minimum atomic E-state index is 0.117. The lowest BCUT2D eigenvalue weighted by atomic mass is 9.97. The van der Waals surface area contributed by atoms with E-state index < -0.39 is 0 Å². The summed E-state index contributed by atoms with van der Waals surface area (Å²) in [4.78, 5) is 16.5. The third kappa shape index (κ3) is 3.96. The predicted molar refractivity (Wildman–Crippen MR) is 98.4 cm³/mol. The summed E-state index contributed by atoms with van der Waals surface area (Å²) in [5.74, 6) is 1.40. The Morgan fingerprint density at radius 3 is 2.84 bits per heavy atom. The van der Waals surface area contributed by atoms with Gasteiger partial charge in [-0.25, -0.2) is 0 Å². The van der Waals surface area contributed by atoms with Crippen molar-refractivity contribution in [3.05, 3.63) is 55.5 Å². The minimum absolute atomic E-state index is 0.117. The van der Waals surface area contributed by atoms with E-state index in [1.807, 2.05) is 24.4 Å². The summed E-state index contributed by atoms with van der Waals surface area (Å²) in [6.07, 6.45) is 7.64. The van der Waals surface area contributed by atoms with Crippen molar-refractivity contribution in [2.45, 2.75) is 18.8 Å². The number of carbonyl (C=O) groups excluding carboxylic acids is 1. The average Bonchev–Trinajstić information content (AvgIpc) is 3.06. The van der Waals surface area contributed by atoms with Gasteiger partial charge >= 0.3 is 0 Å². The number of fused-ring (bicyclic) bond motifs is 1. The summed E-state index contributed by atoms with van der Waals surface area (Å²) in [5, 5.41) is 8.64. The molecule has 0 bridgehead atoms. The fraction of sp³-hybridized carbons (Fsp3) is 0.421. The van der Waals surface area contributed by atoms with Crippen LogP contribution in [0.2, 0.25) is 0 Å². The van der Waals surface area contributed by atoms with Gasteiger partial charge in [-0.3, -0.25) is 14.1 Å². The summed E-state index contributed by atoms with van der Waals surface area (Å²) in [7, 11) is 0. The molecule has 0 aliphatic carbocycles. The number of piperidine rings is 1. The van der Waals surface area contributed by atoms with E-state index in [1.165, 1.54) is 0 Å². The van der Waals surface area contributed by atoms with Crippen LogP contribution in [0.25, 0.3) is 5.65 Å². The Bertz CT molecular complexity index is 743. The van der Waals surface area contributed by atoms with Gasteiger partial charge in [0.1, 0.15) is 5.82 Å². The standard InChI is InChI=1S/C19H25N5O/c1-3-10-23(11-4-2)18(25)15-22-12-7-8-16(14-22)19-21-20-17-9-5-6-13-24(17)19/h3-6,9,13,16H,1-2,7-8,10-12,14-15H2/t16-/m1/s1. The molecule has 2 aromatic rings. The first-order valence-electron chi connectivity index (χ1n) is 8.74. The minimum Gasteiger partial charge on any atom is -0.334 e. The molecular weight excluding hydrogens is 314 g/mol. The highest BCUT2D eigenvalue weighted by atomic mass is 16.2. The van der Waals surface area contributed by atoms with Crippen molar-refractivity contribution in [1.29, 1.82) is 0 Å². The molecule has 6 nitrogen and oxygen atoms in total. The Labute approximate surface area is 148 Å². The van der Waals surface area contributed by atoms with E-state index in [9.17, 15) is 4.79 Å². The molecular formula is C19H25N5O. The second-order valence-electron chi connectivity index (χ2n) is 6.44. The van der Waals surface area contributed by atoms with E-state index in [0.717, 1.165) is 37.4 Å². The highest BCUT2D eigenvalue weighted by molar-refractivity contribution is 5.78. The Morgan fingerprint density at radius 2 is 2.08 bits per heavy atom. The van der Waals surface area contributed by atoms with Crippen LogP contribution < -0.4 is 0 Å². The maximum Gasteiger partial charge on any atom is 0.237 e. The zero-order chi connectivity index (χ0) is 17.6. The van der Waals surface area contributed by atoms with Crippen LogP contribution in [-0.4, -0.2) is 63.0 Å². The van der Waals surface area contributed by atoms with E-state index in [2.05, 4.69) is 32.7 Å². The fourth-order valence-electron chi connectivity index (χ4n) is 3.43. The van der Waals surface area contributed by atoms with Gasteiger partial charge in [0.05, 0.1) is 6.54 Å². The molecule has 0 saturated carbocycles. The van der Waals surface area contributed by atoms with Crippen LogP contribution in [-0.2, 0) is 4.79 Å².